The molecule has 2 N–H and O–H groups in total. The second-order valence-electron chi connectivity index (χ2n) is 9.70. The molecule has 1 aliphatic rings. The molecule has 1 saturated carbocycles. The van der Waals surface area contributed by atoms with Crippen molar-refractivity contribution in [2.75, 3.05) is 24.3 Å². The number of fused-ring (bicyclic) bond motifs is 1. The first-order chi connectivity index (χ1) is 17.8. The molecule has 0 unspecified atom stereocenters. The summed E-state index contributed by atoms with van der Waals surface area (Å²) in [6, 6.07) is 17.4. The van der Waals surface area contributed by atoms with E-state index in [1.807, 2.05) is 49.3 Å². The summed E-state index contributed by atoms with van der Waals surface area (Å²) in [4.78, 5) is 11.5. The van der Waals surface area contributed by atoms with Gasteiger partial charge in [0.25, 0.3) is 0 Å². The van der Waals surface area contributed by atoms with Crippen LogP contribution in [0.25, 0.3) is 22.2 Å². The van der Waals surface area contributed by atoms with Crippen LogP contribution >= 0.6 is 0 Å². The number of benzene rings is 2. The molecule has 0 aliphatic heterocycles. The summed E-state index contributed by atoms with van der Waals surface area (Å²) in [5, 5.41) is 8.08. The maximum atomic E-state index is 13.0. The fraction of sp³-hybridized carbons (Fsp3) is 0.357. The van der Waals surface area contributed by atoms with Gasteiger partial charge in [0.1, 0.15) is 17.3 Å². The number of halogens is 3. The largest absolute Gasteiger partial charge is 0.460 e. The molecule has 0 atom stereocenters. The van der Waals surface area contributed by atoms with Gasteiger partial charge in [0, 0.05) is 37.1 Å². The number of nitrogens with one attached hydrogen (secondary N) is 2. The molecule has 0 bridgehead atoms. The first kappa shape index (κ1) is 25.1. The maximum Gasteiger partial charge on any atom is 0.416 e. The summed E-state index contributed by atoms with van der Waals surface area (Å²) in [7, 11) is 3.97. The van der Waals surface area contributed by atoms with Gasteiger partial charge in [-0.2, -0.15) is 18.2 Å². The molecule has 5 rings (SSSR count). The molecule has 0 saturated heterocycles. The molecule has 37 heavy (non-hydrogen) atoms. The molecule has 1 fully saturated rings. The summed E-state index contributed by atoms with van der Waals surface area (Å²) in [5.41, 5.74) is 0.654. The number of nitrogens with zero attached hydrogens (tertiary/aromatic N) is 3. The molecule has 9 heteroatoms. The highest BCUT2D eigenvalue weighted by Crippen LogP contribution is 2.33. The van der Waals surface area contributed by atoms with E-state index in [-0.39, 0.29) is 0 Å². The lowest BCUT2D eigenvalue weighted by molar-refractivity contribution is -0.137. The number of hydrogen-bond acceptors (Lipinski definition) is 6. The molecule has 0 amide bonds. The molecule has 2 heterocycles. The highest BCUT2D eigenvalue weighted by atomic mass is 19.4. The number of alkyl halides is 3. The van der Waals surface area contributed by atoms with E-state index in [1.54, 1.807) is 12.1 Å². The number of aromatic nitrogens is 2. The van der Waals surface area contributed by atoms with E-state index in [0.29, 0.717) is 41.7 Å². The number of anilines is 2. The van der Waals surface area contributed by atoms with Crippen LogP contribution in [0.15, 0.2) is 65.1 Å². The fourth-order valence-corrected chi connectivity index (χ4v) is 4.81. The van der Waals surface area contributed by atoms with E-state index in [9.17, 15) is 13.2 Å². The minimum atomic E-state index is -4.38. The number of hydrogen-bond donors (Lipinski definition) is 2. The summed E-state index contributed by atoms with van der Waals surface area (Å²) < 4.78 is 44.9. The van der Waals surface area contributed by atoms with Gasteiger partial charge < -0.3 is 20.0 Å². The maximum absolute atomic E-state index is 13.0. The molecular weight excluding hydrogens is 479 g/mol. The van der Waals surface area contributed by atoms with Crippen molar-refractivity contribution in [3.05, 3.63) is 72.0 Å². The van der Waals surface area contributed by atoms with Gasteiger partial charge in [0.15, 0.2) is 0 Å². The summed E-state index contributed by atoms with van der Waals surface area (Å²) >= 11 is 0. The standard InChI is InChI=1S/C28H30F3N5O/c1-36(2)26-23-8-3-4-9-24(23)34-27(35-26)33-21-12-10-20(11-13-21)32-17-22-14-15-25(37-22)18-6-5-7-19(16-18)28(29,30)31/h3-9,14-16,20-21,32H,10-13,17H2,1-2H3,(H,33,34,35). The van der Waals surface area contributed by atoms with Gasteiger partial charge in [-0.3, -0.25) is 0 Å². The summed E-state index contributed by atoms with van der Waals surface area (Å²) in [6.45, 7) is 0.529. The Morgan fingerprint density at radius 1 is 0.919 bits per heavy atom. The quantitative estimate of drug-likeness (QED) is 0.297. The Morgan fingerprint density at radius 3 is 2.43 bits per heavy atom. The van der Waals surface area contributed by atoms with Crippen molar-refractivity contribution in [3.63, 3.8) is 0 Å². The van der Waals surface area contributed by atoms with Crippen LogP contribution in [0.3, 0.4) is 0 Å². The van der Waals surface area contributed by atoms with Crippen LogP contribution in [0.1, 0.15) is 37.0 Å². The first-order valence-corrected chi connectivity index (χ1v) is 12.5. The monoisotopic (exact) mass is 509 g/mol. The Morgan fingerprint density at radius 2 is 1.68 bits per heavy atom. The topological polar surface area (TPSA) is 66.2 Å². The van der Waals surface area contributed by atoms with E-state index >= 15 is 0 Å². The number of furan rings is 1. The molecule has 0 radical (unpaired) electrons. The van der Waals surface area contributed by atoms with Crippen molar-refractivity contribution in [2.45, 2.75) is 50.5 Å². The van der Waals surface area contributed by atoms with Crippen molar-refractivity contribution in [2.24, 2.45) is 0 Å². The zero-order valence-corrected chi connectivity index (χ0v) is 20.8. The molecule has 2 aromatic carbocycles. The predicted molar refractivity (Wildman–Crippen MR) is 140 cm³/mol. The molecule has 0 spiro atoms. The highest BCUT2D eigenvalue weighted by molar-refractivity contribution is 5.90. The molecule has 6 nitrogen and oxygen atoms in total. The minimum absolute atomic E-state index is 0.297. The van der Waals surface area contributed by atoms with Crippen LogP contribution in [0.4, 0.5) is 24.9 Å². The van der Waals surface area contributed by atoms with Gasteiger partial charge in [-0.1, -0.05) is 24.3 Å². The zero-order chi connectivity index (χ0) is 26.0. The van der Waals surface area contributed by atoms with Crippen LogP contribution in [0.5, 0.6) is 0 Å². The summed E-state index contributed by atoms with van der Waals surface area (Å²) in [6.07, 6.45) is -0.423. The van der Waals surface area contributed by atoms with Crippen LogP contribution in [0.2, 0.25) is 0 Å². The van der Waals surface area contributed by atoms with E-state index in [2.05, 4.69) is 10.6 Å². The Balaban J connectivity index is 1.15. The first-order valence-electron chi connectivity index (χ1n) is 12.5. The SMILES string of the molecule is CN(C)c1nc(NC2CCC(NCc3ccc(-c4cccc(C(F)(F)F)c4)o3)CC2)nc2ccccc12. The van der Waals surface area contributed by atoms with Gasteiger partial charge in [-0.05, 0) is 62.1 Å². The van der Waals surface area contributed by atoms with Gasteiger partial charge >= 0.3 is 6.18 Å². The number of rotatable bonds is 7. The van der Waals surface area contributed by atoms with Gasteiger partial charge in [0.2, 0.25) is 5.95 Å². The van der Waals surface area contributed by atoms with Crippen molar-refractivity contribution in [1.82, 2.24) is 15.3 Å². The predicted octanol–water partition coefficient (Wildman–Crippen LogP) is 6.49. The molecule has 2 aromatic heterocycles. The third-order valence-electron chi connectivity index (χ3n) is 6.77. The lowest BCUT2D eigenvalue weighted by Crippen LogP contribution is -2.36. The fourth-order valence-electron chi connectivity index (χ4n) is 4.81. The van der Waals surface area contributed by atoms with Crippen LogP contribution in [-0.4, -0.2) is 36.1 Å². The van der Waals surface area contributed by atoms with Crippen molar-refractivity contribution in [3.8, 4) is 11.3 Å². The summed E-state index contributed by atoms with van der Waals surface area (Å²) in [5.74, 6) is 2.68. The second kappa shape index (κ2) is 10.4. The van der Waals surface area contributed by atoms with Gasteiger partial charge in [-0.25, -0.2) is 4.98 Å². The minimum Gasteiger partial charge on any atom is -0.460 e. The van der Waals surface area contributed by atoms with E-state index in [1.165, 1.54) is 6.07 Å². The Hall–Kier alpha value is -3.59. The highest BCUT2D eigenvalue weighted by Gasteiger charge is 2.30. The third-order valence-corrected chi connectivity index (χ3v) is 6.77. The molecule has 4 aromatic rings. The van der Waals surface area contributed by atoms with Gasteiger partial charge in [0.05, 0.1) is 17.6 Å². The molecule has 194 valence electrons. The van der Waals surface area contributed by atoms with E-state index in [4.69, 9.17) is 14.4 Å². The van der Waals surface area contributed by atoms with Crippen molar-refractivity contribution in [1.29, 1.82) is 0 Å². The van der Waals surface area contributed by atoms with Gasteiger partial charge in [-0.15, -0.1) is 0 Å². The molecular formula is C28H30F3N5O. The zero-order valence-electron chi connectivity index (χ0n) is 20.8. The smallest absolute Gasteiger partial charge is 0.416 e. The Kier molecular flexibility index (Phi) is 7.06. The third kappa shape index (κ3) is 5.88. The lowest BCUT2D eigenvalue weighted by atomic mass is 9.91. The van der Waals surface area contributed by atoms with Crippen LogP contribution < -0.4 is 15.5 Å². The van der Waals surface area contributed by atoms with Crippen LogP contribution in [-0.2, 0) is 12.7 Å². The van der Waals surface area contributed by atoms with Crippen molar-refractivity contribution < 1.29 is 17.6 Å². The van der Waals surface area contributed by atoms with E-state index < -0.39 is 11.7 Å². The van der Waals surface area contributed by atoms with Crippen molar-refractivity contribution >= 4 is 22.7 Å². The van der Waals surface area contributed by atoms with E-state index in [0.717, 1.165) is 54.5 Å². The average Bonchev–Trinajstić information content (AvgIpc) is 3.36. The van der Waals surface area contributed by atoms with Crippen LogP contribution in [0, 0.1) is 0 Å². The Labute approximate surface area is 213 Å². The second-order valence-corrected chi connectivity index (χ2v) is 9.70. The average molecular weight is 510 g/mol. The number of para-hydroxylation sites is 1. The normalized spacial score (nSPS) is 18.2. The Bertz CT molecular complexity index is 1360. The lowest BCUT2D eigenvalue weighted by Gasteiger charge is -2.30. The molecule has 1 aliphatic carbocycles.